The topological polar surface area (TPSA) is 85.6 Å². The Morgan fingerprint density at radius 2 is 1.65 bits per heavy atom. The number of nitrogens with one attached hydrogen (secondary N) is 1. The Balaban J connectivity index is 1.64. The van der Waals surface area contributed by atoms with Crippen molar-refractivity contribution >= 4 is 34.5 Å². The van der Waals surface area contributed by atoms with Gasteiger partial charge in [-0.2, -0.15) is 0 Å². The molecule has 1 N–H and O–H groups in total. The van der Waals surface area contributed by atoms with Gasteiger partial charge in [-0.05, 0) is 35.4 Å². The first-order valence-corrected chi connectivity index (χ1v) is 10.6. The molecule has 1 heterocycles. The zero-order valence-corrected chi connectivity index (χ0v) is 18.2. The maximum absolute atomic E-state index is 13.1. The predicted molar refractivity (Wildman–Crippen MR) is 131 cm³/mol. The van der Waals surface area contributed by atoms with Crippen LogP contribution >= 0.6 is 0 Å². The molecule has 4 aromatic rings. The van der Waals surface area contributed by atoms with E-state index >= 15 is 0 Å². The van der Waals surface area contributed by atoms with E-state index in [4.69, 9.17) is 9.15 Å². The van der Waals surface area contributed by atoms with Gasteiger partial charge in [-0.1, -0.05) is 66.7 Å². The van der Waals surface area contributed by atoms with Crippen molar-refractivity contribution < 1.29 is 18.7 Å². The summed E-state index contributed by atoms with van der Waals surface area (Å²) in [6.07, 6.45) is 3.27. The summed E-state index contributed by atoms with van der Waals surface area (Å²) in [6, 6.07) is 24.8. The summed E-state index contributed by atoms with van der Waals surface area (Å²) in [5.41, 5.74) is 1.23. The SMILES string of the molecule is C=CCNC(=O)c1cc2ccc(OC(=O)/C(=C/c3ccccc3)c3ccccc3)cc2oc1=O. The maximum atomic E-state index is 13.1. The molecule has 34 heavy (non-hydrogen) atoms. The van der Waals surface area contributed by atoms with Gasteiger partial charge in [0, 0.05) is 18.0 Å². The van der Waals surface area contributed by atoms with Gasteiger partial charge in [0.1, 0.15) is 16.9 Å². The molecular formula is C28H21NO5. The molecular weight excluding hydrogens is 430 g/mol. The van der Waals surface area contributed by atoms with Crippen LogP contribution in [0.2, 0.25) is 0 Å². The van der Waals surface area contributed by atoms with Gasteiger partial charge in [0.25, 0.3) is 5.91 Å². The van der Waals surface area contributed by atoms with Gasteiger partial charge in [0.05, 0.1) is 5.57 Å². The van der Waals surface area contributed by atoms with E-state index < -0.39 is 17.5 Å². The predicted octanol–water partition coefficient (Wildman–Crippen LogP) is 4.86. The third-order valence-corrected chi connectivity index (χ3v) is 4.98. The number of carbonyl (C=O) groups is 2. The molecule has 4 rings (SSSR count). The van der Waals surface area contributed by atoms with Gasteiger partial charge >= 0.3 is 11.6 Å². The Morgan fingerprint density at radius 3 is 2.35 bits per heavy atom. The number of ether oxygens (including phenoxy) is 1. The molecule has 0 aliphatic heterocycles. The van der Waals surface area contributed by atoms with Gasteiger partial charge in [-0.3, -0.25) is 4.79 Å². The number of hydrogen-bond acceptors (Lipinski definition) is 5. The molecule has 0 aliphatic carbocycles. The minimum atomic E-state index is -0.786. The molecule has 0 saturated carbocycles. The van der Waals surface area contributed by atoms with E-state index in [2.05, 4.69) is 11.9 Å². The van der Waals surface area contributed by atoms with E-state index in [0.717, 1.165) is 5.56 Å². The molecule has 0 fully saturated rings. The molecule has 1 aromatic heterocycles. The van der Waals surface area contributed by atoms with Crippen molar-refractivity contribution in [3.05, 3.63) is 125 Å². The Hall–Kier alpha value is -4.71. The summed E-state index contributed by atoms with van der Waals surface area (Å²) >= 11 is 0. The van der Waals surface area contributed by atoms with E-state index in [-0.39, 0.29) is 23.4 Å². The van der Waals surface area contributed by atoms with Crippen LogP contribution in [0.4, 0.5) is 0 Å². The number of amides is 1. The van der Waals surface area contributed by atoms with Crippen molar-refractivity contribution in [3.8, 4) is 5.75 Å². The number of rotatable bonds is 7. The summed E-state index contributed by atoms with van der Waals surface area (Å²) in [4.78, 5) is 37.6. The van der Waals surface area contributed by atoms with E-state index in [9.17, 15) is 14.4 Å². The molecule has 6 heteroatoms. The summed E-state index contributed by atoms with van der Waals surface area (Å²) < 4.78 is 10.9. The minimum absolute atomic E-state index is 0.115. The zero-order valence-electron chi connectivity index (χ0n) is 18.2. The molecule has 0 saturated heterocycles. The van der Waals surface area contributed by atoms with Crippen LogP contribution in [0.3, 0.4) is 0 Å². The summed E-state index contributed by atoms with van der Waals surface area (Å²) in [5, 5.41) is 3.07. The van der Waals surface area contributed by atoms with Crippen molar-refractivity contribution in [3.63, 3.8) is 0 Å². The number of carbonyl (C=O) groups excluding carboxylic acids is 2. The fourth-order valence-corrected chi connectivity index (χ4v) is 3.33. The lowest BCUT2D eigenvalue weighted by molar-refractivity contribution is -0.127. The number of benzene rings is 3. The van der Waals surface area contributed by atoms with Crippen LogP contribution in [-0.2, 0) is 4.79 Å². The monoisotopic (exact) mass is 451 g/mol. The largest absolute Gasteiger partial charge is 0.423 e. The quantitative estimate of drug-likeness (QED) is 0.108. The molecule has 6 nitrogen and oxygen atoms in total. The van der Waals surface area contributed by atoms with Crippen LogP contribution < -0.4 is 15.7 Å². The van der Waals surface area contributed by atoms with Gasteiger partial charge in [-0.25, -0.2) is 9.59 Å². The van der Waals surface area contributed by atoms with Crippen LogP contribution in [0.1, 0.15) is 21.5 Å². The molecule has 0 radical (unpaired) electrons. The van der Waals surface area contributed by atoms with Crippen LogP contribution in [0, 0.1) is 0 Å². The Labute approximate surface area is 195 Å². The van der Waals surface area contributed by atoms with Crippen molar-refractivity contribution in [2.24, 2.45) is 0 Å². The third kappa shape index (κ3) is 5.19. The lowest BCUT2D eigenvalue weighted by Crippen LogP contribution is -2.28. The fourth-order valence-electron chi connectivity index (χ4n) is 3.33. The number of fused-ring (bicyclic) bond motifs is 1. The van der Waals surface area contributed by atoms with Gasteiger partial charge in [0.2, 0.25) is 0 Å². The lowest BCUT2D eigenvalue weighted by Gasteiger charge is -2.10. The number of hydrogen-bond donors (Lipinski definition) is 1. The Morgan fingerprint density at radius 1 is 0.941 bits per heavy atom. The highest BCUT2D eigenvalue weighted by molar-refractivity contribution is 6.22. The van der Waals surface area contributed by atoms with E-state index in [1.54, 1.807) is 18.2 Å². The molecule has 0 aliphatic rings. The summed E-state index contributed by atoms with van der Waals surface area (Å²) in [6.45, 7) is 3.75. The second kappa shape index (κ2) is 10.3. The standard InChI is InChI=1S/C28H21NO5/c1-2-15-29-26(30)24-17-21-13-14-22(18-25(21)34-28(24)32)33-27(31)23(20-11-7-4-8-12-20)16-19-9-5-3-6-10-19/h2-14,16-18H,1,15H2,(H,29,30)/b23-16+. The molecule has 0 bridgehead atoms. The highest BCUT2D eigenvalue weighted by Gasteiger charge is 2.17. The first kappa shape index (κ1) is 22.5. The van der Waals surface area contributed by atoms with Crippen LogP contribution in [-0.4, -0.2) is 18.4 Å². The Kier molecular flexibility index (Phi) is 6.79. The lowest BCUT2D eigenvalue weighted by atomic mass is 10.0. The smallest absolute Gasteiger partial charge is 0.349 e. The molecule has 168 valence electrons. The van der Waals surface area contributed by atoms with Crippen LogP contribution in [0.15, 0.2) is 107 Å². The normalized spacial score (nSPS) is 11.1. The summed E-state index contributed by atoms with van der Waals surface area (Å²) in [7, 11) is 0. The molecule has 0 spiro atoms. The molecule has 0 unspecified atom stereocenters. The molecule has 0 atom stereocenters. The zero-order chi connectivity index (χ0) is 23.9. The van der Waals surface area contributed by atoms with Gasteiger partial charge in [0.15, 0.2) is 0 Å². The fraction of sp³-hybridized carbons (Fsp3) is 0.0357. The molecule has 3 aromatic carbocycles. The second-order valence-corrected chi connectivity index (χ2v) is 7.37. The Bertz CT molecular complexity index is 1440. The van der Waals surface area contributed by atoms with Crippen molar-refractivity contribution in [1.82, 2.24) is 5.32 Å². The first-order chi connectivity index (χ1) is 16.5. The minimum Gasteiger partial charge on any atom is -0.423 e. The van der Waals surface area contributed by atoms with Gasteiger partial charge < -0.3 is 14.5 Å². The average molecular weight is 451 g/mol. The van der Waals surface area contributed by atoms with Crippen molar-refractivity contribution in [2.45, 2.75) is 0 Å². The van der Waals surface area contributed by atoms with E-state index in [1.165, 1.54) is 18.2 Å². The van der Waals surface area contributed by atoms with Crippen LogP contribution in [0.25, 0.3) is 22.6 Å². The average Bonchev–Trinajstić information content (AvgIpc) is 2.86. The van der Waals surface area contributed by atoms with Crippen molar-refractivity contribution in [2.75, 3.05) is 6.54 Å². The third-order valence-electron chi connectivity index (χ3n) is 4.98. The molecule has 1 amide bonds. The first-order valence-electron chi connectivity index (χ1n) is 10.6. The highest BCUT2D eigenvalue weighted by atomic mass is 16.5. The van der Waals surface area contributed by atoms with Crippen LogP contribution in [0.5, 0.6) is 5.75 Å². The van der Waals surface area contributed by atoms with Crippen molar-refractivity contribution in [1.29, 1.82) is 0 Å². The summed E-state index contributed by atoms with van der Waals surface area (Å²) in [5.74, 6) is -0.902. The maximum Gasteiger partial charge on any atom is 0.349 e. The highest BCUT2D eigenvalue weighted by Crippen LogP contribution is 2.25. The second-order valence-electron chi connectivity index (χ2n) is 7.37. The van der Waals surface area contributed by atoms with Gasteiger partial charge in [-0.15, -0.1) is 6.58 Å². The number of esters is 1. The van der Waals surface area contributed by atoms with E-state index in [1.807, 2.05) is 60.7 Å². The van der Waals surface area contributed by atoms with E-state index in [0.29, 0.717) is 16.5 Å².